The molecule has 2 heterocycles. The van der Waals surface area contributed by atoms with E-state index in [1.807, 2.05) is 19.1 Å². The summed E-state index contributed by atoms with van der Waals surface area (Å²) < 4.78 is 0. The van der Waals surface area contributed by atoms with Crippen LogP contribution in [0.15, 0.2) is 18.2 Å². The molecule has 0 aromatic carbocycles. The van der Waals surface area contributed by atoms with Crippen molar-refractivity contribution in [3.63, 3.8) is 0 Å². The summed E-state index contributed by atoms with van der Waals surface area (Å²) in [5.74, 6) is 0.190. The van der Waals surface area contributed by atoms with Crippen molar-refractivity contribution >= 4 is 5.82 Å². The van der Waals surface area contributed by atoms with Crippen LogP contribution in [0.5, 0.6) is 0 Å². The number of tetrazole rings is 1. The number of nitrogens with zero attached hydrogens (tertiary/aromatic N) is 4. The van der Waals surface area contributed by atoms with E-state index in [0.717, 1.165) is 12.1 Å². The van der Waals surface area contributed by atoms with E-state index in [1.54, 1.807) is 6.07 Å². The molecule has 8 heteroatoms. The second-order valence-corrected chi connectivity index (χ2v) is 5.00. The molecular weight excluding hydrogens is 272 g/mol. The lowest BCUT2D eigenvalue weighted by Crippen LogP contribution is -2.28. The highest BCUT2D eigenvalue weighted by Gasteiger charge is 2.31. The van der Waals surface area contributed by atoms with Gasteiger partial charge < -0.3 is 15.9 Å². The summed E-state index contributed by atoms with van der Waals surface area (Å²) in [5, 5.41) is 33.3. The first-order chi connectivity index (χ1) is 10.1. The van der Waals surface area contributed by atoms with Gasteiger partial charge in [-0.05, 0) is 18.6 Å². The summed E-state index contributed by atoms with van der Waals surface area (Å²) in [4.78, 5) is 4.25. The summed E-state index contributed by atoms with van der Waals surface area (Å²) >= 11 is 0. The maximum Gasteiger partial charge on any atom is 0.178 e. The highest BCUT2D eigenvalue weighted by Crippen LogP contribution is 2.31. The van der Waals surface area contributed by atoms with Gasteiger partial charge in [0.05, 0.1) is 0 Å². The quantitative estimate of drug-likeness (QED) is 0.537. The van der Waals surface area contributed by atoms with Crippen molar-refractivity contribution in [1.82, 2.24) is 25.6 Å². The SMILES string of the molecule is CCCC(C(O)O)C(Cc1cccc(N)n1)c1nn[nH]n1. The highest BCUT2D eigenvalue weighted by molar-refractivity contribution is 5.29. The van der Waals surface area contributed by atoms with E-state index in [1.165, 1.54) is 0 Å². The third-order valence-electron chi connectivity index (χ3n) is 3.47. The molecule has 0 saturated carbocycles. The van der Waals surface area contributed by atoms with Gasteiger partial charge in [-0.1, -0.05) is 24.6 Å². The number of nitrogens with two attached hydrogens (primary N) is 1. The van der Waals surface area contributed by atoms with Gasteiger partial charge in [0.1, 0.15) is 5.82 Å². The lowest BCUT2D eigenvalue weighted by molar-refractivity contribution is -0.0944. The minimum atomic E-state index is -1.45. The van der Waals surface area contributed by atoms with Crippen LogP contribution in [0.3, 0.4) is 0 Å². The molecule has 0 aliphatic heterocycles. The van der Waals surface area contributed by atoms with Crippen molar-refractivity contribution < 1.29 is 10.2 Å². The molecule has 0 radical (unpaired) electrons. The molecule has 5 N–H and O–H groups in total. The standard InChI is InChI=1S/C13H20N6O2/c1-2-4-9(13(20)21)10(12-16-18-19-17-12)7-8-5-3-6-11(14)15-8/h3,5-6,9-10,13,20-21H,2,4,7H2,1H3,(H2,14,15)(H,16,17,18,19). The smallest absolute Gasteiger partial charge is 0.178 e. The molecule has 0 aliphatic rings. The molecule has 0 saturated heterocycles. The monoisotopic (exact) mass is 292 g/mol. The van der Waals surface area contributed by atoms with E-state index < -0.39 is 12.2 Å². The molecule has 0 fully saturated rings. The Labute approximate surface area is 122 Å². The van der Waals surface area contributed by atoms with Gasteiger partial charge in [-0.25, -0.2) is 4.98 Å². The maximum atomic E-state index is 9.67. The fraction of sp³-hybridized carbons (Fsp3) is 0.538. The number of rotatable bonds is 7. The first-order valence-electron chi connectivity index (χ1n) is 6.92. The second kappa shape index (κ2) is 7.09. The zero-order valence-corrected chi connectivity index (χ0v) is 11.8. The fourth-order valence-electron chi connectivity index (χ4n) is 2.49. The number of hydrogen-bond donors (Lipinski definition) is 4. The van der Waals surface area contributed by atoms with Crippen LogP contribution in [0.2, 0.25) is 0 Å². The molecule has 21 heavy (non-hydrogen) atoms. The Bertz CT molecular complexity index is 545. The molecule has 2 aromatic heterocycles. The number of H-pyrrole nitrogens is 1. The minimum Gasteiger partial charge on any atom is -0.384 e. The van der Waals surface area contributed by atoms with Crippen LogP contribution in [-0.2, 0) is 6.42 Å². The van der Waals surface area contributed by atoms with Crippen molar-refractivity contribution in [3.8, 4) is 0 Å². The highest BCUT2D eigenvalue weighted by atomic mass is 16.5. The van der Waals surface area contributed by atoms with Gasteiger partial charge in [0.15, 0.2) is 12.1 Å². The molecule has 114 valence electrons. The predicted octanol–water partition coefficient (Wildman–Crippen LogP) is 0.230. The summed E-state index contributed by atoms with van der Waals surface area (Å²) in [6.45, 7) is 1.99. The van der Waals surface area contributed by atoms with Gasteiger partial charge in [0.25, 0.3) is 0 Å². The molecule has 2 rings (SSSR count). The molecule has 0 spiro atoms. The third kappa shape index (κ3) is 3.96. The summed E-state index contributed by atoms with van der Waals surface area (Å²) in [7, 11) is 0. The van der Waals surface area contributed by atoms with E-state index in [2.05, 4.69) is 25.6 Å². The van der Waals surface area contributed by atoms with Crippen LogP contribution >= 0.6 is 0 Å². The number of pyridine rings is 1. The van der Waals surface area contributed by atoms with Gasteiger partial charge in [-0.3, -0.25) is 0 Å². The first-order valence-corrected chi connectivity index (χ1v) is 6.92. The van der Waals surface area contributed by atoms with Crippen LogP contribution < -0.4 is 5.73 Å². The number of nitrogen functional groups attached to an aromatic ring is 1. The number of nitrogens with one attached hydrogen (secondary N) is 1. The summed E-state index contributed by atoms with van der Waals surface area (Å²) in [6.07, 6.45) is 0.474. The van der Waals surface area contributed by atoms with Crippen molar-refractivity contribution in [1.29, 1.82) is 0 Å². The topological polar surface area (TPSA) is 134 Å². The van der Waals surface area contributed by atoms with Crippen molar-refractivity contribution in [3.05, 3.63) is 29.7 Å². The number of aromatic nitrogens is 5. The normalized spacial score (nSPS) is 14.3. The molecule has 0 bridgehead atoms. The van der Waals surface area contributed by atoms with Crippen LogP contribution in [-0.4, -0.2) is 42.1 Å². The fourth-order valence-corrected chi connectivity index (χ4v) is 2.49. The molecule has 0 aliphatic carbocycles. The van der Waals surface area contributed by atoms with Gasteiger partial charge in [0.2, 0.25) is 0 Å². The van der Waals surface area contributed by atoms with Gasteiger partial charge in [-0.2, -0.15) is 5.21 Å². The van der Waals surface area contributed by atoms with Crippen LogP contribution in [0, 0.1) is 5.92 Å². The Hall–Kier alpha value is -2.06. The minimum absolute atomic E-state index is 0.294. The molecular formula is C13H20N6O2. The van der Waals surface area contributed by atoms with Crippen molar-refractivity contribution in [2.75, 3.05) is 5.73 Å². The van der Waals surface area contributed by atoms with Gasteiger partial charge in [-0.15, -0.1) is 10.2 Å². The Morgan fingerprint density at radius 2 is 2.14 bits per heavy atom. The average molecular weight is 292 g/mol. The number of aliphatic hydroxyl groups excluding tert-OH is 1. The zero-order valence-electron chi connectivity index (χ0n) is 11.8. The van der Waals surface area contributed by atoms with Crippen molar-refractivity contribution in [2.24, 2.45) is 5.92 Å². The summed E-state index contributed by atoms with van der Waals surface area (Å²) in [5.41, 5.74) is 6.44. The lowest BCUT2D eigenvalue weighted by Gasteiger charge is -2.25. The van der Waals surface area contributed by atoms with E-state index in [9.17, 15) is 10.2 Å². The second-order valence-electron chi connectivity index (χ2n) is 5.00. The number of aliphatic hydroxyl groups is 2. The molecule has 2 unspecified atom stereocenters. The van der Waals surface area contributed by atoms with Gasteiger partial charge in [0, 0.05) is 24.0 Å². The maximum absolute atomic E-state index is 9.67. The first kappa shape index (κ1) is 15.3. The molecule has 2 atom stereocenters. The molecule has 2 aromatic rings. The van der Waals surface area contributed by atoms with E-state index in [-0.39, 0.29) is 5.92 Å². The molecule has 0 amide bonds. The summed E-state index contributed by atoms with van der Waals surface area (Å²) in [6, 6.07) is 5.36. The third-order valence-corrected chi connectivity index (χ3v) is 3.47. The Morgan fingerprint density at radius 1 is 1.33 bits per heavy atom. The number of anilines is 1. The van der Waals surface area contributed by atoms with Crippen molar-refractivity contribution in [2.45, 2.75) is 38.4 Å². The van der Waals surface area contributed by atoms with E-state index >= 15 is 0 Å². The van der Waals surface area contributed by atoms with E-state index in [4.69, 9.17) is 5.73 Å². The van der Waals surface area contributed by atoms with Crippen LogP contribution in [0.4, 0.5) is 5.82 Å². The zero-order chi connectivity index (χ0) is 15.2. The number of hydrogen-bond acceptors (Lipinski definition) is 7. The van der Waals surface area contributed by atoms with Crippen LogP contribution in [0.1, 0.15) is 37.2 Å². The lowest BCUT2D eigenvalue weighted by atomic mass is 9.84. The Morgan fingerprint density at radius 3 is 2.71 bits per heavy atom. The Balaban J connectivity index is 2.27. The Kier molecular flexibility index (Phi) is 5.18. The van der Waals surface area contributed by atoms with Gasteiger partial charge >= 0.3 is 0 Å². The average Bonchev–Trinajstić information content (AvgIpc) is 2.96. The van der Waals surface area contributed by atoms with Crippen LogP contribution in [0.25, 0.3) is 0 Å². The predicted molar refractivity (Wildman–Crippen MR) is 75.9 cm³/mol. The van der Waals surface area contributed by atoms with E-state index in [0.29, 0.717) is 24.5 Å². The molecule has 8 nitrogen and oxygen atoms in total. The largest absolute Gasteiger partial charge is 0.384 e. The number of aromatic amines is 1.